The van der Waals surface area contributed by atoms with Crippen molar-refractivity contribution >= 4 is 22.9 Å². The molecule has 1 fully saturated rings. The van der Waals surface area contributed by atoms with Gasteiger partial charge in [-0.25, -0.2) is 4.39 Å². The molecule has 0 spiro atoms. The molecule has 0 amide bonds. The lowest BCUT2D eigenvalue weighted by Crippen LogP contribution is -2.26. The normalized spacial score (nSPS) is 17.5. The summed E-state index contributed by atoms with van der Waals surface area (Å²) < 4.78 is 54.1. The van der Waals surface area contributed by atoms with Crippen LogP contribution in [-0.4, -0.2) is 54.8 Å². The molecule has 200 valence electrons. The van der Waals surface area contributed by atoms with Crippen molar-refractivity contribution in [3.05, 3.63) is 82.9 Å². The number of halogens is 3. The highest BCUT2D eigenvalue weighted by atomic mass is 32.2. The highest BCUT2D eigenvalue weighted by Gasteiger charge is 2.27. The largest absolute Gasteiger partial charge is 0.508 e. The Morgan fingerprint density at radius 2 is 1.82 bits per heavy atom. The quantitative estimate of drug-likeness (QED) is 0.318. The molecule has 0 saturated carbocycles. The summed E-state index contributed by atoms with van der Waals surface area (Å²) in [6.45, 7) is 4.05. The zero-order chi connectivity index (χ0) is 26.6. The van der Waals surface area contributed by atoms with E-state index in [0.717, 1.165) is 53.4 Å². The Labute approximate surface area is 225 Å². The highest BCUT2D eigenvalue weighted by molar-refractivity contribution is 7.99. The molecule has 3 aromatic carbocycles. The number of thioether (sulfide) groups is 1. The molecular formula is C30H30F3NO3S. The fourth-order valence-corrected chi connectivity index (χ4v) is 6.20. The Morgan fingerprint density at radius 3 is 2.58 bits per heavy atom. The number of nitrogens with zero attached hydrogens (tertiary/aromatic N) is 1. The molecule has 2 aliphatic rings. The van der Waals surface area contributed by atoms with Crippen LogP contribution in [0.3, 0.4) is 0 Å². The van der Waals surface area contributed by atoms with Gasteiger partial charge in [0.25, 0.3) is 0 Å². The first-order valence-electron chi connectivity index (χ1n) is 12.8. The summed E-state index contributed by atoms with van der Waals surface area (Å²) in [6.07, 6.45) is 1.47. The van der Waals surface area contributed by atoms with Crippen LogP contribution in [0.5, 0.6) is 17.2 Å². The van der Waals surface area contributed by atoms with Gasteiger partial charge in [0.2, 0.25) is 5.82 Å². The molecule has 0 aliphatic carbocycles. The van der Waals surface area contributed by atoms with E-state index in [1.54, 1.807) is 25.1 Å². The summed E-state index contributed by atoms with van der Waals surface area (Å²) in [6, 6.07) is 15.8. The van der Waals surface area contributed by atoms with Crippen molar-refractivity contribution in [1.82, 2.24) is 4.90 Å². The smallest absolute Gasteiger partial charge is 0.201 e. The molecule has 5 rings (SSSR count). The van der Waals surface area contributed by atoms with E-state index in [2.05, 4.69) is 4.90 Å². The number of phenols is 1. The zero-order valence-electron chi connectivity index (χ0n) is 21.2. The van der Waals surface area contributed by atoms with E-state index in [9.17, 15) is 13.9 Å². The lowest BCUT2D eigenvalue weighted by Gasteiger charge is -2.25. The number of aromatic hydroxyl groups is 1. The standard InChI is InChI=1S/C30H30F3NO3S/c1-2-36-26-11-10-23(29(32)30(26)33)25-18-38-27-16-20(35)6-9-24(27)28(25)19-4-7-21(8-5-19)37-22-12-15-34(17-22)14-3-13-31/h4-11,16,22,35H,2-3,12-15,17-18H2,1H3/t22-/m0/s1. The second-order valence-corrected chi connectivity index (χ2v) is 10.4. The lowest BCUT2D eigenvalue weighted by molar-refractivity contribution is 0.198. The number of alkyl halides is 1. The van der Waals surface area contributed by atoms with E-state index in [0.29, 0.717) is 17.7 Å². The molecule has 1 N–H and O–H groups in total. The fraction of sp³-hybridized carbons (Fsp3) is 0.333. The van der Waals surface area contributed by atoms with Gasteiger partial charge in [-0.05, 0) is 84.5 Å². The van der Waals surface area contributed by atoms with Crippen molar-refractivity contribution in [2.45, 2.75) is 30.8 Å². The van der Waals surface area contributed by atoms with Crippen molar-refractivity contribution in [2.75, 3.05) is 38.7 Å². The first-order chi connectivity index (χ1) is 18.5. The SMILES string of the molecule is CCOc1ccc(C2=C(c3ccc(O[C@H]4CCN(CCCF)C4)cc3)c3ccc(O)cc3SC2)c(F)c1F. The molecule has 4 nitrogen and oxygen atoms in total. The van der Waals surface area contributed by atoms with Gasteiger partial charge in [-0.15, -0.1) is 11.8 Å². The van der Waals surface area contributed by atoms with Crippen molar-refractivity contribution in [1.29, 1.82) is 0 Å². The number of hydrogen-bond acceptors (Lipinski definition) is 5. The molecule has 0 aromatic heterocycles. The number of rotatable bonds is 9. The van der Waals surface area contributed by atoms with Crippen LogP contribution in [0, 0.1) is 11.6 Å². The van der Waals surface area contributed by atoms with Gasteiger partial charge in [-0.1, -0.05) is 12.1 Å². The number of phenolic OH excluding ortho intramolecular Hbond substituents is 1. The van der Waals surface area contributed by atoms with Gasteiger partial charge in [0, 0.05) is 35.8 Å². The van der Waals surface area contributed by atoms with Crippen molar-refractivity contribution < 1.29 is 27.8 Å². The van der Waals surface area contributed by atoms with Gasteiger partial charge in [0.1, 0.15) is 17.6 Å². The van der Waals surface area contributed by atoms with Gasteiger partial charge in [0.05, 0.1) is 13.3 Å². The van der Waals surface area contributed by atoms with Crippen LogP contribution in [0.25, 0.3) is 11.1 Å². The zero-order valence-corrected chi connectivity index (χ0v) is 22.0. The third-order valence-electron chi connectivity index (χ3n) is 6.86. The Bertz CT molecular complexity index is 1330. The molecule has 38 heavy (non-hydrogen) atoms. The molecule has 0 unspecified atom stereocenters. The average molecular weight is 542 g/mol. The van der Waals surface area contributed by atoms with E-state index in [1.165, 1.54) is 17.8 Å². The van der Waals surface area contributed by atoms with Crippen molar-refractivity contribution in [2.24, 2.45) is 0 Å². The van der Waals surface area contributed by atoms with Crippen LogP contribution in [-0.2, 0) is 0 Å². The monoisotopic (exact) mass is 541 g/mol. The molecule has 0 radical (unpaired) electrons. The van der Waals surface area contributed by atoms with Gasteiger partial charge < -0.3 is 14.6 Å². The Morgan fingerprint density at radius 1 is 1.03 bits per heavy atom. The van der Waals surface area contributed by atoms with Crippen LogP contribution < -0.4 is 9.47 Å². The van der Waals surface area contributed by atoms with Gasteiger partial charge in [-0.3, -0.25) is 9.29 Å². The first kappa shape index (κ1) is 26.5. The number of benzene rings is 3. The molecule has 1 atom stereocenters. The fourth-order valence-electron chi connectivity index (χ4n) is 5.07. The molecule has 0 bridgehead atoms. The van der Waals surface area contributed by atoms with Gasteiger partial charge >= 0.3 is 0 Å². The van der Waals surface area contributed by atoms with Crippen LogP contribution in [0.2, 0.25) is 0 Å². The summed E-state index contributed by atoms with van der Waals surface area (Å²) >= 11 is 1.47. The second-order valence-electron chi connectivity index (χ2n) is 9.39. The number of hydrogen-bond donors (Lipinski definition) is 1. The first-order valence-corrected chi connectivity index (χ1v) is 13.8. The minimum Gasteiger partial charge on any atom is -0.508 e. The van der Waals surface area contributed by atoms with E-state index in [-0.39, 0.29) is 36.4 Å². The van der Waals surface area contributed by atoms with E-state index < -0.39 is 11.6 Å². The Balaban J connectivity index is 1.49. The van der Waals surface area contributed by atoms with Crippen molar-refractivity contribution in [3.63, 3.8) is 0 Å². The number of ether oxygens (including phenoxy) is 2. The topological polar surface area (TPSA) is 41.9 Å². The highest BCUT2D eigenvalue weighted by Crippen LogP contribution is 2.46. The molecule has 3 aromatic rings. The van der Waals surface area contributed by atoms with Crippen LogP contribution >= 0.6 is 11.8 Å². The molecule has 1 saturated heterocycles. The molecular weight excluding hydrogens is 511 g/mol. The Kier molecular flexibility index (Phi) is 8.19. The average Bonchev–Trinajstić information content (AvgIpc) is 3.37. The minimum absolute atomic E-state index is 0.0472. The second kappa shape index (κ2) is 11.7. The predicted octanol–water partition coefficient (Wildman–Crippen LogP) is 6.95. The van der Waals surface area contributed by atoms with Crippen LogP contribution in [0.4, 0.5) is 13.2 Å². The summed E-state index contributed by atoms with van der Waals surface area (Å²) in [4.78, 5) is 3.09. The van der Waals surface area contributed by atoms with Gasteiger partial charge in [0.15, 0.2) is 11.6 Å². The minimum atomic E-state index is -1.00. The summed E-state index contributed by atoms with van der Waals surface area (Å²) in [5.41, 5.74) is 3.32. The predicted molar refractivity (Wildman–Crippen MR) is 145 cm³/mol. The van der Waals surface area contributed by atoms with Gasteiger partial charge in [-0.2, -0.15) is 4.39 Å². The molecule has 2 aliphatic heterocycles. The maximum absolute atomic E-state index is 15.3. The van der Waals surface area contributed by atoms with E-state index in [1.807, 2.05) is 30.3 Å². The summed E-state index contributed by atoms with van der Waals surface area (Å²) in [5.74, 6) is -0.767. The number of likely N-dealkylation sites (tertiary alicyclic amines) is 1. The number of fused-ring (bicyclic) bond motifs is 1. The Hall–Kier alpha value is -3.10. The third-order valence-corrected chi connectivity index (χ3v) is 7.94. The summed E-state index contributed by atoms with van der Waals surface area (Å²) in [5, 5.41) is 10.0. The molecule has 8 heteroatoms. The van der Waals surface area contributed by atoms with E-state index >= 15 is 4.39 Å². The summed E-state index contributed by atoms with van der Waals surface area (Å²) in [7, 11) is 0. The van der Waals surface area contributed by atoms with Crippen molar-refractivity contribution in [3.8, 4) is 17.2 Å². The maximum atomic E-state index is 15.3. The van der Waals surface area contributed by atoms with E-state index in [4.69, 9.17) is 9.47 Å². The van der Waals surface area contributed by atoms with Crippen LogP contribution in [0.1, 0.15) is 36.5 Å². The molecule has 2 heterocycles. The van der Waals surface area contributed by atoms with Crippen LogP contribution in [0.15, 0.2) is 59.5 Å². The maximum Gasteiger partial charge on any atom is 0.201 e. The third kappa shape index (κ3) is 5.52. The lowest BCUT2D eigenvalue weighted by atomic mass is 9.89.